The third-order valence-electron chi connectivity index (χ3n) is 3.75. The second-order valence-corrected chi connectivity index (χ2v) is 7.42. The van der Waals surface area contributed by atoms with Crippen molar-refractivity contribution in [2.75, 3.05) is 4.72 Å². The molecule has 0 radical (unpaired) electrons. The highest BCUT2D eigenvalue weighted by Gasteiger charge is 2.24. The van der Waals surface area contributed by atoms with Crippen molar-refractivity contribution in [2.45, 2.75) is 38.1 Å². The molecule has 140 valence electrons. The third kappa shape index (κ3) is 4.20. The molecule has 0 saturated heterocycles. The van der Waals surface area contributed by atoms with Crippen LogP contribution in [0.2, 0.25) is 0 Å². The van der Waals surface area contributed by atoms with Gasteiger partial charge in [-0.2, -0.15) is 0 Å². The number of aromatic nitrogens is 2. The van der Waals surface area contributed by atoms with Gasteiger partial charge in [0.25, 0.3) is 21.5 Å². The van der Waals surface area contributed by atoms with E-state index in [-0.39, 0.29) is 23.0 Å². The van der Waals surface area contributed by atoms with Gasteiger partial charge in [-0.05, 0) is 32.4 Å². The Bertz CT molecular complexity index is 1040. The molecule has 0 aliphatic heterocycles. The van der Waals surface area contributed by atoms with Gasteiger partial charge in [-0.25, -0.2) is 13.2 Å². The Balaban J connectivity index is 2.45. The van der Waals surface area contributed by atoms with Gasteiger partial charge in [0.05, 0.1) is 11.3 Å². The zero-order valence-corrected chi connectivity index (χ0v) is 15.4. The maximum Gasteiger partial charge on any atom is 0.325 e. The summed E-state index contributed by atoms with van der Waals surface area (Å²) in [6, 6.07) is 5.96. The average Bonchev–Trinajstić information content (AvgIpc) is 2.53. The van der Waals surface area contributed by atoms with E-state index in [1.54, 1.807) is 12.1 Å². The van der Waals surface area contributed by atoms with Crippen LogP contribution in [-0.2, 0) is 10.0 Å². The van der Waals surface area contributed by atoms with Crippen LogP contribution in [-0.4, -0.2) is 30.3 Å². The van der Waals surface area contributed by atoms with Crippen molar-refractivity contribution in [2.24, 2.45) is 0 Å². The first kappa shape index (κ1) is 19.4. The SMILES string of the molecule is CC[C@H](C)NC(=O)c1ccccc1NS(=O)(=O)c1c(C)[nH]c(=O)[nH]c1=O. The summed E-state index contributed by atoms with van der Waals surface area (Å²) in [6.45, 7) is 5.03. The number of rotatable bonds is 6. The highest BCUT2D eigenvalue weighted by molar-refractivity contribution is 7.92. The molecule has 0 aliphatic rings. The molecule has 1 aromatic heterocycles. The van der Waals surface area contributed by atoms with E-state index in [0.29, 0.717) is 6.42 Å². The van der Waals surface area contributed by atoms with E-state index in [9.17, 15) is 22.8 Å². The van der Waals surface area contributed by atoms with Crippen LogP contribution in [0.3, 0.4) is 0 Å². The number of benzene rings is 1. The first-order chi connectivity index (χ1) is 12.2. The second-order valence-electron chi connectivity index (χ2n) is 5.80. The fourth-order valence-corrected chi connectivity index (χ4v) is 3.60. The minimum Gasteiger partial charge on any atom is -0.350 e. The zero-order chi connectivity index (χ0) is 19.5. The minimum absolute atomic E-state index is 0.0262. The molecule has 4 N–H and O–H groups in total. The monoisotopic (exact) mass is 380 g/mol. The van der Waals surface area contributed by atoms with E-state index in [4.69, 9.17) is 0 Å². The molecule has 1 heterocycles. The van der Waals surface area contributed by atoms with Gasteiger partial charge in [0, 0.05) is 11.7 Å². The predicted octanol–water partition coefficient (Wildman–Crippen LogP) is 0.701. The lowest BCUT2D eigenvalue weighted by atomic mass is 10.1. The van der Waals surface area contributed by atoms with E-state index < -0.39 is 32.1 Å². The van der Waals surface area contributed by atoms with Gasteiger partial charge in [0.2, 0.25) is 0 Å². The predicted molar refractivity (Wildman–Crippen MR) is 96.9 cm³/mol. The molecular formula is C16H20N4O5S. The summed E-state index contributed by atoms with van der Waals surface area (Å²) in [7, 11) is -4.33. The number of H-pyrrole nitrogens is 2. The van der Waals surface area contributed by atoms with E-state index in [1.165, 1.54) is 19.1 Å². The van der Waals surface area contributed by atoms with Crippen molar-refractivity contribution < 1.29 is 13.2 Å². The van der Waals surface area contributed by atoms with E-state index in [1.807, 2.05) is 18.8 Å². The van der Waals surface area contributed by atoms with Gasteiger partial charge in [-0.15, -0.1) is 0 Å². The molecule has 2 rings (SSSR count). The van der Waals surface area contributed by atoms with Crippen molar-refractivity contribution in [1.29, 1.82) is 0 Å². The lowest BCUT2D eigenvalue weighted by Gasteiger charge is -2.15. The Morgan fingerprint density at radius 3 is 2.46 bits per heavy atom. The van der Waals surface area contributed by atoms with Crippen LogP contribution in [0.4, 0.5) is 5.69 Å². The molecule has 0 aliphatic carbocycles. The Morgan fingerprint density at radius 1 is 1.19 bits per heavy atom. The Hall–Kier alpha value is -2.88. The fourth-order valence-electron chi connectivity index (χ4n) is 2.28. The van der Waals surface area contributed by atoms with Crippen molar-refractivity contribution in [1.82, 2.24) is 15.3 Å². The molecule has 1 atom stereocenters. The van der Waals surface area contributed by atoms with Gasteiger partial charge < -0.3 is 10.3 Å². The largest absolute Gasteiger partial charge is 0.350 e. The van der Waals surface area contributed by atoms with Gasteiger partial charge in [-0.3, -0.25) is 19.3 Å². The van der Waals surface area contributed by atoms with Crippen LogP contribution in [0.15, 0.2) is 38.8 Å². The molecule has 9 nitrogen and oxygen atoms in total. The standard InChI is InChI=1S/C16H20N4O5S/c1-4-9(2)17-14(21)11-7-5-6-8-12(11)20-26(24,25)13-10(3)18-16(23)19-15(13)22/h5-9,20H,4H2,1-3H3,(H,17,21)(H2,18,19,22,23)/t9-/m0/s1. The lowest BCUT2D eigenvalue weighted by Crippen LogP contribution is -2.34. The van der Waals surface area contributed by atoms with Crippen molar-refractivity contribution >= 4 is 21.6 Å². The topological polar surface area (TPSA) is 141 Å². The molecular weight excluding hydrogens is 360 g/mol. The van der Waals surface area contributed by atoms with Gasteiger partial charge >= 0.3 is 5.69 Å². The van der Waals surface area contributed by atoms with Crippen molar-refractivity contribution in [3.8, 4) is 0 Å². The van der Waals surface area contributed by atoms with Crippen LogP contribution in [0.1, 0.15) is 36.3 Å². The normalized spacial score (nSPS) is 12.4. The maximum absolute atomic E-state index is 12.6. The quantitative estimate of drug-likeness (QED) is 0.584. The van der Waals surface area contributed by atoms with Crippen molar-refractivity contribution in [3.05, 3.63) is 56.4 Å². The summed E-state index contributed by atoms with van der Waals surface area (Å²) < 4.78 is 27.5. The summed E-state index contributed by atoms with van der Waals surface area (Å²) in [5.41, 5.74) is -1.80. The molecule has 0 fully saturated rings. The number of sulfonamides is 1. The molecule has 0 unspecified atom stereocenters. The Labute approximate surface area is 149 Å². The van der Waals surface area contributed by atoms with Gasteiger partial charge in [0.15, 0.2) is 4.90 Å². The number of para-hydroxylation sites is 1. The number of hydrogen-bond donors (Lipinski definition) is 4. The fraction of sp³-hybridized carbons (Fsp3) is 0.312. The van der Waals surface area contributed by atoms with Crippen molar-refractivity contribution in [3.63, 3.8) is 0 Å². The summed E-state index contributed by atoms with van der Waals surface area (Å²) in [4.78, 5) is 39.0. The first-order valence-electron chi connectivity index (χ1n) is 7.91. The zero-order valence-electron chi connectivity index (χ0n) is 14.5. The molecule has 10 heteroatoms. The van der Waals surface area contributed by atoms with E-state index in [2.05, 4.69) is 15.0 Å². The number of hydrogen-bond acceptors (Lipinski definition) is 5. The number of nitrogens with one attached hydrogen (secondary N) is 4. The molecule has 2 aromatic rings. The average molecular weight is 380 g/mol. The smallest absolute Gasteiger partial charge is 0.325 e. The Kier molecular flexibility index (Phi) is 5.66. The number of amides is 1. The van der Waals surface area contributed by atoms with E-state index >= 15 is 0 Å². The summed E-state index contributed by atoms with van der Waals surface area (Å²) in [5, 5.41) is 2.75. The molecule has 1 aromatic carbocycles. The highest BCUT2D eigenvalue weighted by atomic mass is 32.2. The summed E-state index contributed by atoms with van der Waals surface area (Å²) >= 11 is 0. The number of carbonyl (C=O) groups excluding carboxylic acids is 1. The minimum atomic E-state index is -4.33. The third-order valence-corrected chi connectivity index (χ3v) is 5.27. The van der Waals surface area contributed by atoms with Gasteiger partial charge in [0.1, 0.15) is 0 Å². The van der Waals surface area contributed by atoms with Crippen LogP contribution in [0.5, 0.6) is 0 Å². The first-order valence-corrected chi connectivity index (χ1v) is 9.40. The van der Waals surface area contributed by atoms with Crippen LogP contribution >= 0.6 is 0 Å². The number of carbonyl (C=O) groups is 1. The number of aryl methyl sites for hydroxylation is 1. The highest BCUT2D eigenvalue weighted by Crippen LogP contribution is 2.19. The molecule has 0 saturated carbocycles. The summed E-state index contributed by atoms with van der Waals surface area (Å²) in [6.07, 6.45) is 0.714. The second kappa shape index (κ2) is 7.56. The lowest BCUT2D eigenvalue weighted by molar-refractivity contribution is 0.0940. The molecule has 26 heavy (non-hydrogen) atoms. The Morgan fingerprint density at radius 2 is 1.85 bits per heavy atom. The molecule has 0 bridgehead atoms. The number of aromatic amines is 2. The van der Waals surface area contributed by atoms with Crippen LogP contribution < -0.4 is 21.3 Å². The molecule has 0 spiro atoms. The molecule has 1 amide bonds. The maximum atomic E-state index is 12.6. The number of anilines is 1. The van der Waals surface area contributed by atoms with Crippen LogP contribution in [0.25, 0.3) is 0 Å². The summed E-state index contributed by atoms with van der Waals surface area (Å²) in [5.74, 6) is -0.440. The van der Waals surface area contributed by atoms with E-state index in [0.717, 1.165) is 0 Å². The van der Waals surface area contributed by atoms with Gasteiger partial charge in [-0.1, -0.05) is 19.1 Å². The van der Waals surface area contributed by atoms with Crippen LogP contribution in [0, 0.1) is 6.92 Å².